The molecule has 1 unspecified atom stereocenters. The number of halogens is 1. The van der Waals surface area contributed by atoms with E-state index in [1.165, 1.54) is 7.11 Å². The normalized spacial score (nSPS) is 18.3. The summed E-state index contributed by atoms with van der Waals surface area (Å²) in [6.45, 7) is 4.40. The predicted octanol–water partition coefficient (Wildman–Crippen LogP) is 4.88. The molecule has 2 aromatic carbocycles. The molecular weight excluding hydrogens is 390 g/mol. The minimum absolute atomic E-state index is 0.0878. The number of carbonyl (C=O) groups is 2. The summed E-state index contributed by atoms with van der Waals surface area (Å²) in [4.78, 5) is 27.3. The Morgan fingerprint density at radius 2 is 1.93 bits per heavy atom. The summed E-state index contributed by atoms with van der Waals surface area (Å²) in [5.41, 5.74) is 2.23. The third-order valence-electron chi connectivity index (χ3n) is 5.20. The first-order valence-electron chi connectivity index (χ1n) is 9.58. The summed E-state index contributed by atoms with van der Waals surface area (Å²) in [6.07, 6.45) is 1.65. The lowest BCUT2D eigenvalue weighted by molar-refractivity contribution is -0.139. The molecule has 1 amide bonds. The molecule has 1 aliphatic rings. The molecule has 29 heavy (non-hydrogen) atoms. The first kappa shape index (κ1) is 20.9. The molecule has 0 bridgehead atoms. The summed E-state index contributed by atoms with van der Waals surface area (Å²) < 4.78 is 5.22. The van der Waals surface area contributed by atoms with Crippen LogP contribution in [0.1, 0.15) is 42.5 Å². The SMILES string of the molecule is CCCCN1C(=O)C(=O)/C(=C(/O)c2ccc(Cl)c(OC)c2)C1c1ccccc1C. The second kappa shape index (κ2) is 8.70. The highest BCUT2D eigenvalue weighted by Crippen LogP contribution is 2.41. The van der Waals surface area contributed by atoms with Gasteiger partial charge in [0.1, 0.15) is 11.5 Å². The maximum Gasteiger partial charge on any atom is 0.295 e. The average molecular weight is 414 g/mol. The zero-order chi connectivity index (χ0) is 21.1. The van der Waals surface area contributed by atoms with Gasteiger partial charge in [0.25, 0.3) is 11.7 Å². The third-order valence-corrected chi connectivity index (χ3v) is 5.51. The zero-order valence-corrected chi connectivity index (χ0v) is 17.5. The van der Waals surface area contributed by atoms with Crippen molar-refractivity contribution in [3.8, 4) is 5.75 Å². The van der Waals surface area contributed by atoms with Crippen LogP contribution in [-0.4, -0.2) is 35.4 Å². The lowest BCUT2D eigenvalue weighted by Gasteiger charge is -2.26. The van der Waals surface area contributed by atoms with Gasteiger partial charge in [0.05, 0.1) is 23.7 Å². The molecular formula is C23H24ClNO4. The quantitative estimate of drug-likeness (QED) is 0.416. The molecule has 6 heteroatoms. The summed E-state index contributed by atoms with van der Waals surface area (Å²) in [5, 5.41) is 11.5. The molecule has 5 nitrogen and oxygen atoms in total. The molecule has 1 saturated heterocycles. The van der Waals surface area contributed by atoms with Gasteiger partial charge in [-0.2, -0.15) is 0 Å². The number of rotatable bonds is 6. The Bertz CT molecular complexity index is 983. The largest absolute Gasteiger partial charge is 0.507 e. The number of carbonyl (C=O) groups excluding carboxylic acids is 2. The van der Waals surface area contributed by atoms with E-state index in [0.29, 0.717) is 22.9 Å². The van der Waals surface area contributed by atoms with Gasteiger partial charge >= 0.3 is 0 Å². The molecule has 3 rings (SSSR count). The predicted molar refractivity (Wildman–Crippen MR) is 113 cm³/mol. The van der Waals surface area contributed by atoms with E-state index in [-0.39, 0.29) is 11.3 Å². The van der Waals surface area contributed by atoms with E-state index in [1.807, 2.05) is 38.1 Å². The number of ketones is 1. The smallest absolute Gasteiger partial charge is 0.295 e. The Morgan fingerprint density at radius 1 is 1.21 bits per heavy atom. The molecule has 152 valence electrons. The molecule has 2 aromatic rings. The summed E-state index contributed by atoms with van der Waals surface area (Å²) in [5.74, 6) is -1.12. The molecule has 1 aliphatic heterocycles. The average Bonchev–Trinajstić information content (AvgIpc) is 2.97. The van der Waals surface area contributed by atoms with Crippen molar-refractivity contribution in [3.63, 3.8) is 0 Å². The maximum atomic E-state index is 12.9. The van der Waals surface area contributed by atoms with Crippen molar-refractivity contribution >= 4 is 29.1 Å². The van der Waals surface area contributed by atoms with E-state index < -0.39 is 17.7 Å². The Kier molecular flexibility index (Phi) is 6.28. The van der Waals surface area contributed by atoms with Crippen molar-refractivity contribution in [2.24, 2.45) is 0 Å². The molecule has 1 fully saturated rings. The lowest BCUT2D eigenvalue weighted by atomic mass is 9.92. The van der Waals surface area contributed by atoms with Crippen molar-refractivity contribution in [3.05, 3.63) is 69.8 Å². The molecule has 1 atom stereocenters. The maximum absolute atomic E-state index is 12.9. The number of nitrogens with zero attached hydrogens (tertiary/aromatic N) is 1. The lowest BCUT2D eigenvalue weighted by Crippen LogP contribution is -2.30. The van der Waals surface area contributed by atoms with Gasteiger partial charge in [-0.05, 0) is 42.7 Å². The van der Waals surface area contributed by atoms with Gasteiger partial charge in [0.2, 0.25) is 0 Å². The fraction of sp³-hybridized carbons (Fsp3) is 0.304. The van der Waals surface area contributed by atoms with E-state index in [2.05, 4.69) is 0 Å². The highest BCUT2D eigenvalue weighted by molar-refractivity contribution is 6.46. The van der Waals surface area contributed by atoms with Gasteiger partial charge < -0.3 is 14.7 Å². The topological polar surface area (TPSA) is 66.8 Å². The number of Topliss-reactive ketones (excluding diaryl/α,β-unsaturated/α-hetero) is 1. The number of amides is 1. The van der Waals surface area contributed by atoms with E-state index in [1.54, 1.807) is 23.1 Å². The summed E-state index contributed by atoms with van der Waals surface area (Å²) >= 11 is 6.09. The molecule has 0 radical (unpaired) electrons. The van der Waals surface area contributed by atoms with Gasteiger partial charge in [-0.1, -0.05) is 49.2 Å². The number of benzene rings is 2. The van der Waals surface area contributed by atoms with Gasteiger partial charge in [-0.3, -0.25) is 9.59 Å². The van der Waals surface area contributed by atoms with Crippen LogP contribution >= 0.6 is 11.6 Å². The van der Waals surface area contributed by atoms with Crippen LogP contribution in [-0.2, 0) is 9.59 Å². The number of methoxy groups -OCH3 is 1. The van der Waals surface area contributed by atoms with E-state index in [9.17, 15) is 14.7 Å². The third kappa shape index (κ3) is 3.87. The number of ether oxygens (including phenoxy) is 1. The standard InChI is InChI=1S/C23H24ClNO4/c1-4-5-12-25-20(16-9-7-6-8-14(16)2)19(22(27)23(25)28)21(26)15-10-11-17(24)18(13-15)29-3/h6-11,13,20,26H,4-5,12H2,1-3H3/b21-19+. The Morgan fingerprint density at radius 3 is 2.59 bits per heavy atom. The fourth-order valence-electron chi connectivity index (χ4n) is 3.62. The van der Waals surface area contributed by atoms with Crippen LogP contribution in [0.5, 0.6) is 5.75 Å². The van der Waals surface area contributed by atoms with Gasteiger partial charge in [0, 0.05) is 12.1 Å². The van der Waals surface area contributed by atoms with Gasteiger partial charge in [-0.25, -0.2) is 0 Å². The van der Waals surface area contributed by atoms with Gasteiger partial charge in [0.15, 0.2) is 0 Å². The number of hydrogen-bond acceptors (Lipinski definition) is 4. The molecule has 0 spiro atoms. The van der Waals surface area contributed by atoms with Crippen molar-refractivity contribution < 1.29 is 19.4 Å². The number of aliphatic hydroxyl groups is 1. The van der Waals surface area contributed by atoms with Crippen molar-refractivity contribution in [2.75, 3.05) is 13.7 Å². The first-order chi connectivity index (χ1) is 13.9. The highest BCUT2D eigenvalue weighted by atomic mass is 35.5. The number of aryl methyl sites for hydroxylation is 1. The van der Waals surface area contributed by atoms with Crippen LogP contribution in [0.15, 0.2) is 48.0 Å². The van der Waals surface area contributed by atoms with Gasteiger partial charge in [-0.15, -0.1) is 0 Å². The second-order valence-corrected chi connectivity index (χ2v) is 7.46. The molecule has 1 N–H and O–H groups in total. The van der Waals surface area contributed by atoms with E-state index in [4.69, 9.17) is 16.3 Å². The monoisotopic (exact) mass is 413 g/mol. The first-order valence-corrected chi connectivity index (χ1v) is 9.96. The van der Waals surface area contributed by atoms with E-state index >= 15 is 0 Å². The van der Waals surface area contributed by atoms with E-state index in [0.717, 1.165) is 24.0 Å². The van der Waals surface area contributed by atoms with Crippen molar-refractivity contribution in [1.82, 2.24) is 4.90 Å². The second-order valence-electron chi connectivity index (χ2n) is 7.05. The van der Waals surface area contributed by atoms with Crippen LogP contribution in [0.2, 0.25) is 5.02 Å². The van der Waals surface area contributed by atoms with Crippen LogP contribution in [0.3, 0.4) is 0 Å². The van der Waals surface area contributed by atoms with Crippen LogP contribution in [0.4, 0.5) is 0 Å². The van der Waals surface area contributed by atoms with Crippen LogP contribution in [0.25, 0.3) is 5.76 Å². The zero-order valence-electron chi connectivity index (χ0n) is 16.7. The Labute approximate surface area is 175 Å². The van der Waals surface area contributed by atoms with Crippen molar-refractivity contribution in [2.45, 2.75) is 32.7 Å². The molecule has 1 heterocycles. The van der Waals surface area contributed by atoms with Crippen LogP contribution < -0.4 is 4.74 Å². The van der Waals surface area contributed by atoms with Crippen molar-refractivity contribution in [1.29, 1.82) is 0 Å². The number of aliphatic hydroxyl groups excluding tert-OH is 1. The fourth-order valence-corrected chi connectivity index (χ4v) is 3.81. The minimum Gasteiger partial charge on any atom is -0.507 e. The highest BCUT2D eigenvalue weighted by Gasteiger charge is 2.46. The Hall–Kier alpha value is -2.79. The number of hydrogen-bond donors (Lipinski definition) is 1. The number of likely N-dealkylation sites (tertiary alicyclic amines) is 1. The molecule has 0 aromatic heterocycles. The molecule has 0 aliphatic carbocycles. The molecule has 0 saturated carbocycles. The summed E-state index contributed by atoms with van der Waals surface area (Å²) in [6, 6.07) is 11.7. The Balaban J connectivity index is 2.20. The van der Waals surface area contributed by atoms with Crippen LogP contribution in [0, 0.1) is 6.92 Å². The summed E-state index contributed by atoms with van der Waals surface area (Å²) in [7, 11) is 1.47. The minimum atomic E-state index is -0.680. The number of unbranched alkanes of at least 4 members (excludes halogenated alkanes) is 1.